The molecule has 0 atom stereocenters. The van der Waals surface area contributed by atoms with Gasteiger partial charge in [-0.2, -0.15) is 0 Å². The number of hydrogen-bond acceptors (Lipinski definition) is 3. The van der Waals surface area contributed by atoms with Gasteiger partial charge >= 0.3 is 0 Å². The highest BCUT2D eigenvalue weighted by molar-refractivity contribution is 7.19. The van der Waals surface area contributed by atoms with E-state index in [9.17, 15) is 0 Å². The van der Waals surface area contributed by atoms with E-state index < -0.39 is 0 Å². The highest BCUT2D eigenvalue weighted by atomic mass is 35.5. The molecule has 0 aliphatic rings. The maximum atomic E-state index is 6.40. The molecule has 1 heterocycles. The summed E-state index contributed by atoms with van der Waals surface area (Å²) in [6.45, 7) is 5.72. The summed E-state index contributed by atoms with van der Waals surface area (Å²) in [7, 11) is 0. The van der Waals surface area contributed by atoms with Crippen molar-refractivity contribution in [3.63, 3.8) is 0 Å². The summed E-state index contributed by atoms with van der Waals surface area (Å²) in [5.74, 6) is 0. The summed E-state index contributed by atoms with van der Waals surface area (Å²) >= 11 is 8.17. The lowest BCUT2D eigenvalue weighted by atomic mass is 10.2. The summed E-state index contributed by atoms with van der Waals surface area (Å²) in [5, 5.41) is 5.51. The average molecular weight is 312 g/mol. The van der Waals surface area contributed by atoms with E-state index in [1.165, 1.54) is 21.4 Å². The van der Waals surface area contributed by atoms with Gasteiger partial charge in [-0.1, -0.05) is 43.1 Å². The van der Waals surface area contributed by atoms with Crippen LogP contribution in [0.5, 0.6) is 0 Å². The van der Waals surface area contributed by atoms with Crippen LogP contribution in [0.15, 0.2) is 24.3 Å². The Bertz CT molecular complexity index is 526. The molecule has 2 aromatic rings. The largest absolute Gasteiger partial charge is 0.381 e. The fourth-order valence-electron chi connectivity index (χ4n) is 2.03. The molecule has 2 nitrogen and oxygen atoms in total. The average Bonchev–Trinajstić information content (AvgIpc) is 2.79. The number of nitrogens with one attached hydrogen (secondary N) is 1. The van der Waals surface area contributed by atoms with Crippen LogP contribution < -0.4 is 5.32 Å². The molecule has 2 rings (SSSR count). The predicted molar refractivity (Wildman–Crippen MR) is 88.9 cm³/mol. The van der Waals surface area contributed by atoms with Crippen LogP contribution in [0.25, 0.3) is 10.1 Å². The maximum Gasteiger partial charge on any atom is 0.0636 e. The first-order valence-corrected chi connectivity index (χ1v) is 8.46. The molecule has 0 unspecified atom stereocenters. The molecule has 0 saturated heterocycles. The van der Waals surface area contributed by atoms with Crippen molar-refractivity contribution in [3.05, 3.63) is 34.2 Å². The van der Waals surface area contributed by atoms with E-state index in [1.807, 2.05) is 6.07 Å². The second-order valence-electron chi connectivity index (χ2n) is 4.83. The smallest absolute Gasteiger partial charge is 0.0636 e. The molecule has 0 saturated carbocycles. The first-order valence-electron chi connectivity index (χ1n) is 7.27. The topological polar surface area (TPSA) is 21.3 Å². The van der Waals surface area contributed by atoms with E-state index in [0.29, 0.717) is 0 Å². The third-order valence-electron chi connectivity index (χ3n) is 3.17. The quantitative estimate of drug-likeness (QED) is 0.668. The van der Waals surface area contributed by atoms with Gasteiger partial charge in [0.1, 0.15) is 0 Å². The second kappa shape index (κ2) is 8.63. The van der Waals surface area contributed by atoms with E-state index in [2.05, 4.69) is 30.4 Å². The molecular weight excluding hydrogens is 290 g/mol. The number of unbranched alkanes of at least 4 members (excludes halogenated alkanes) is 1. The zero-order chi connectivity index (χ0) is 14.2. The number of fused-ring (bicyclic) bond motifs is 1. The Labute approximate surface area is 130 Å². The molecule has 0 aliphatic heterocycles. The Balaban J connectivity index is 1.69. The zero-order valence-electron chi connectivity index (χ0n) is 12.0. The van der Waals surface area contributed by atoms with Crippen molar-refractivity contribution in [3.8, 4) is 0 Å². The van der Waals surface area contributed by atoms with Gasteiger partial charge in [0.05, 0.1) is 5.02 Å². The van der Waals surface area contributed by atoms with Crippen LogP contribution in [0.2, 0.25) is 5.02 Å². The molecule has 1 aromatic heterocycles. The summed E-state index contributed by atoms with van der Waals surface area (Å²) in [5.41, 5.74) is 0. The van der Waals surface area contributed by atoms with Crippen LogP contribution in [0.1, 0.15) is 31.1 Å². The molecule has 0 fully saturated rings. The molecule has 110 valence electrons. The second-order valence-corrected chi connectivity index (χ2v) is 6.35. The van der Waals surface area contributed by atoms with Crippen molar-refractivity contribution >= 4 is 33.0 Å². The molecule has 0 spiro atoms. The number of ether oxygens (including phenoxy) is 1. The number of benzene rings is 1. The highest BCUT2D eigenvalue weighted by Crippen LogP contribution is 2.34. The van der Waals surface area contributed by atoms with Crippen LogP contribution in [0, 0.1) is 0 Å². The SMILES string of the molecule is CCCCOCCCNCc1sc2ccccc2c1Cl. The summed E-state index contributed by atoms with van der Waals surface area (Å²) < 4.78 is 6.80. The number of rotatable bonds is 9. The molecule has 4 heteroatoms. The van der Waals surface area contributed by atoms with Gasteiger partial charge in [0.15, 0.2) is 0 Å². The van der Waals surface area contributed by atoms with Gasteiger partial charge in [-0.3, -0.25) is 0 Å². The van der Waals surface area contributed by atoms with Crippen molar-refractivity contribution in [1.82, 2.24) is 5.32 Å². The number of thiophene rings is 1. The minimum absolute atomic E-state index is 0.840. The standard InChI is InChI=1S/C16H22ClNOS/c1-2-3-10-19-11-6-9-18-12-15-16(17)13-7-4-5-8-14(13)20-15/h4-5,7-8,18H,2-3,6,9-12H2,1H3. The molecule has 20 heavy (non-hydrogen) atoms. The predicted octanol–water partition coefficient (Wildman–Crippen LogP) is 4.85. The van der Waals surface area contributed by atoms with Gasteiger partial charge in [-0.25, -0.2) is 0 Å². The van der Waals surface area contributed by atoms with Crippen LogP contribution in [-0.2, 0) is 11.3 Å². The van der Waals surface area contributed by atoms with Crippen LogP contribution >= 0.6 is 22.9 Å². The third kappa shape index (κ3) is 4.45. The molecule has 0 bridgehead atoms. The van der Waals surface area contributed by atoms with E-state index in [-0.39, 0.29) is 0 Å². The van der Waals surface area contributed by atoms with E-state index in [1.54, 1.807) is 11.3 Å². The Morgan fingerprint density at radius 3 is 2.80 bits per heavy atom. The molecular formula is C16H22ClNOS. The summed E-state index contributed by atoms with van der Waals surface area (Å²) in [6, 6.07) is 8.29. The molecule has 0 amide bonds. The van der Waals surface area contributed by atoms with Crippen molar-refractivity contribution < 1.29 is 4.74 Å². The molecule has 1 aromatic carbocycles. The number of halogens is 1. The van der Waals surface area contributed by atoms with Gasteiger partial charge in [-0.05, 0) is 25.5 Å². The fraction of sp³-hybridized carbons (Fsp3) is 0.500. The first kappa shape index (κ1) is 15.8. The molecule has 0 aliphatic carbocycles. The Hall–Kier alpha value is -0.610. The van der Waals surface area contributed by atoms with E-state index in [4.69, 9.17) is 16.3 Å². The maximum absolute atomic E-state index is 6.40. The Kier molecular flexibility index (Phi) is 6.80. The zero-order valence-corrected chi connectivity index (χ0v) is 13.5. The third-order valence-corrected chi connectivity index (χ3v) is 4.89. The minimum Gasteiger partial charge on any atom is -0.381 e. The van der Waals surface area contributed by atoms with Gasteiger partial charge < -0.3 is 10.1 Å². The van der Waals surface area contributed by atoms with Crippen molar-refractivity contribution in [2.24, 2.45) is 0 Å². The van der Waals surface area contributed by atoms with Gasteiger partial charge in [-0.15, -0.1) is 11.3 Å². The van der Waals surface area contributed by atoms with Crippen molar-refractivity contribution in [1.29, 1.82) is 0 Å². The van der Waals surface area contributed by atoms with Gasteiger partial charge in [0.2, 0.25) is 0 Å². The lowest BCUT2D eigenvalue weighted by molar-refractivity contribution is 0.129. The fourth-order valence-corrected chi connectivity index (χ4v) is 3.50. The minimum atomic E-state index is 0.840. The van der Waals surface area contributed by atoms with Crippen molar-refractivity contribution in [2.75, 3.05) is 19.8 Å². The van der Waals surface area contributed by atoms with Crippen molar-refractivity contribution in [2.45, 2.75) is 32.7 Å². The van der Waals surface area contributed by atoms with E-state index in [0.717, 1.165) is 44.2 Å². The Morgan fingerprint density at radius 1 is 1.20 bits per heavy atom. The summed E-state index contributed by atoms with van der Waals surface area (Å²) in [6.07, 6.45) is 3.40. The summed E-state index contributed by atoms with van der Waals surface area (Å²) in [4.78, 5) is 1.22. The van der Waals surface area contributed by atoms with E-state index >= 15 is 0 Å². The van der Waals surface area contributed by atoms with Gasteiger partial charge in [0.25, 0.3) is 0 Å². The van der Waals surface area contributed by atoms with Crippen LogP contribution in [0.4, 0.5) is 0 Å². The highest BCUT2D eigenvalue weighted by Gasteiger charge is 2.08. The lowest BCUT2D eigenvalue weighted by Gasteiger charge is -2.05. The monoisotopic (exact) mass is 311 g/mol. The van der Waals surface area contributed by atoms with Crippen LogP contribution in [-0.4, -0.2) is 19.8 Å². The Morgan fingerprint density at radius 2 is 2.00 bits per heavy atom. The van der Waals surface area contributed by atoms with Crippen LogP contribution in [0.3, 0.4) is 0 Å². The lowest BCUT2D eigenvalue weighted by Crippen LogP contribution is -2.16. The van der Waals surface area contributed by atoms with Gasteiger partial charge in [0, 0.05) is 34.7 Å². The number of hydrogen-bond donors (Lipinski definition) is 1. The first-order chi connectivity index (χ1) is 9.83. The molecule has 0 radical (unpaired) electrons. The molecule has 1 N–H and O–H groups in total. The normalized spacial score (nSPS) is 11.3.